The van der Waals surface area contributed by atoms with Crippen LogP contribution in [0, 0.1) is 0 Å². The second-order valence-corrected chi connectivity index (χ2v) is 4.52. The largest absolute Gasteiger partial charge is 0.465 e. The molecule has 0 aliphatic heterocycles. The standard InChI is InChI=1S/C13H14O3S/c1-10(14)17-8-4-6-11-5-3-7-12(9-11)13(15)16-2/h3-7,9H,8H2,1-2H3. The first-order valence-corrected chi connectivity index (χ1v) is 6.10. The lowest BCUT2D eigenvalue weighted by molar-refractivity contribution is -0.109. The van der Waals surface area contributed by atoms with E-state index in [9.17, 15) is 9.59 Å². The molecule has 1 rings (SSSR count). The van der Waals surface area contributed by atoms with E-state index in [1.807, 2.05) is 18.2 Å². The number of hydrogen-bond acceptors (Lipinski definition) is 4. The quantitative estimate of drug-likeness (QED) is 0.771. The van der Waals surface area contributed by atoms with Crippen LogP contribution in [0.3, 0.4) is 0 Å². The van der Waals surface area contributed by atoms with Gasteiger partial charge in [0.15, 0.2) is 5.12 Å². The highest BCUT2D eigenvalue weighted by molar-refractivity contribution is 8.13. The molecule has 0 heterocycles. The van der Waals surface area contributed by atoms with E-state index in [-0.39, 0.29) is 11.1 Å². The summed E-state index contributed by atoms with van der Waals surface area (Å²) in [7, 11) is 1.36. The van der Waals surface area contributed by atoms with Gasteiger partial charge in [0.2, 0.25) is 0 Å². The SMILES string of the molecule is COC(=O)c1cccc(C=CCSC(C)=O)c1. The molecule has 0 aromatic heterocycles. The number of ether oxygens (including phenoxy) is 1. The van der Waals surface area contributed by atoms with E-state index in [2.05, 4.69) is 4.74 Å². The highest BCUT2D eigenvalue weighted by atomic mass is 32.2. The molecule has 4 heteroatoms. The zero-order chi connectivity index (χ0) is 12.7. The van der Waals surface area contributed by atoms with Crippen molar-refractivity contribution in [1.82, 2.24) is 0 Å². The third kappa shape index (κ3) is 4.87. The molecule has 0 radical (unpaired) electrons. The minimum atomic E-state index is -0.349. The molecule has 0 amide bonds. The Labute approximate surface area is 105 Å². The van der Waals surface area contributed by atoms with E-state index in [1.54, 1.807) is 18.2 Å². The van der Waals surface area contributed by atoms with Gasteiger partial charge in [0.1, 0.15) is 0 Å². The van der Waals surface area contributed by atoms with Crippen molar-refractivity contribution in [2.45, 2.75) is 6.92 Å². The second-order valence-electron chi connectivity index (χ2n) is 3.32. The van der Waals surface area contributed by atoms with Crippen LogP contribution < -0.4 is 0 Å². The summed E-state index contributed by atoms with van der Waals surface area (Å²) >= 11 is 1.25. The number of thioether (sulfide) groups is 1. The van der Waals surface area contributed by atoms with Crippen molar-refractivity contribution in [2.75, 3.05) is 12.9 Å². The predicted octanol–water partition coefficient (Wildman–Crippen LogP) is 2.77. The molecule has 3 nitrogen and oxygen atoms in total. The molecule has 0 bridgehead atoms. The Morgan fingerprint density at radius 1 is 1.41 bits per heavy atom. The van der Waals surface area contributed by atoms with Gasteiger partial charge in [0.05, 0.1) is 12.7 Å². The lowest BCUT2D eigenvalue weighted by Crippen LogP contribution is -2.00. The summed E-state index contributed by atoms with van der Waals surface area (Å²) in [6.45, 7) is 1.54. The van der Waals surface area contributed by atoms with E-state index >= 15 is 0 Å². The normalized spacial score (nSPS) is 10.5. The second kappa shape index (κ2) is 6.91. The van der Waals surface area contributed by atoms with Gasteiger partial charge >= 0.3 is 5.97 Å². The number of benzene rings is 1. The fourth-order valence-corrected chi connectivity index (χ4v) is 1.66. The van der Waals surface area contributed by atoms with Crippen LogP contribution in [0.25, 0.3) is 6.08 Å². The third-order valence-corrected chi connectivity index (χ3v) is 2.77. The molecule has 90 valence electrons. The van der Waals surface area contributed by atoms with Gasteiger partial charge in [-0.05, 0) is 17.7 Å². The molecule has 0 saturated carbocycles. The fraction of sp³-hybridized carbons (Fsp3) is 0.231. The molecule has 0 atom stereocenters. The smallest absolute Gasteiger partial charge is 0.337 e. The maximum atomic E-state index is 11.3. The van der Waals surface area contributed by atoms with Crippen molar-refractivity contribution in [3.63, 3.8) is 0 Å². The summed E-state index contributed by atoms with van der Waals surface area (Å²) in [5.41, 5.74) is 1.44. The zero-order valence-corrected chi connectivity index (χ0v) is 10.6. The summed E-state index contributed by atoms with van der Waals surface area (Å²) in [5, 5.41) is 0.0953. The number of carbonyl (C=O) groups is 2. The van der Waals surface area contributed by atoms with Gasteiger partial charge in [0.25, 0.3) is 0 Å². The molecule has 1 aromatic rings. The van der Waals surface area contributed by atoms with Gasteiger partial charge < -0.3 is 4.74 Å². The summed E-state index contributed by atoms with van der Waals surface area (Å²) in [6.07, 6.45) is 3.77. The number of methoxy groups -OCH3 is 1. The summed E-state index contributed by atoms with van der Waals surface area (Å²) in [6, 6.07) is 7.14. The van der Waals surface area contributed by atoms with Gasteiger partial charge in [-0.3, -0.25) is 4.79 Å². The topological polar surface area (TPSA) is 43.4 Å². The van der Waals surface area contributed by atoms with Gasteiger partial charge in [-0.25, -0.2) is 4.79 Å². The Morgan fingerprint density at radius 3 is 2.82 bits per heavy atom. The minimum Gasteiger partial charge on any atom is -0.465 e. The van der Waals surface area contributed by atoms with Crippen molar-refractivity contribution >= 4 is 28.9 Å². The zero-order valence-electron chi connectivity index (χ0n) is 9.80. The molecule has 0 fully saturated rings. The average molecular weight is 250 g/mol. The van der Waals surface area contributed by atoms with Gasteiger partial charge in [-0.2, -0.15) is 0 Å². The number of rotatable bonds is 4. The van der Waals surface area contributed by atoms with Crippen molar-refractivity contribution < 1.29 is 14.3 Å². The Balaban J connectivity index is 2.65. The van der Waals surface area contributed by atoms with Gasteiger partial charge in [-0.15, -0.1) is 0 Å². The Hall–Kier alpha value is -1.55. The Kier molecular flexibility index (Phi) is 5.49. The van der Waals surface area contributed by atoms with Crippen molar-refractivity contribution in [3.8, 4) is 0 Å². The van der Waals surface area contributed by atoms with Crippen LogP contribution in [0.4, 0.5) is 0 Å². The number of hydrogen-bond donors (Lipinski definition) is 0. The molecule has 0 N–H and O–H groups in total. The molecular weight excluding hydrogens is 236 g/mol. The number of esters is 1. The first kappa shape index (κ1) is 13.5. The Morgan fingerprint density at radius 2 is 2.18 bits per heavy atom. The van der Waals surface area contributed by atoms with E-state index < -0.39 is 0 Å². The number of carbonyl (C=O) groups excluding carboxylic acids is 2. The molecule has 0 aliphatic carbocycles. The third-order valence-electron chi connectivity index (χ3n) is 2.00. The van der Waals surface area contributed by atoms with Crippen LogP contribution in [0.2, 0.25) is 0 Å². The first-order chi connectivity index (χ1) is 8.13. The average Bonchev–Trinajstić information content (AvgIpc) is 2.34. The molecule has 1 aromatic carbocycles. The van der Waals surface area contributed by atoms with Gasteiger partial charge in [0, 0.05) is 12.7 Å². The van der Waals surface area contributed by atoms with Crippen LogP contribution in [-0.2, 0) is 9.53 Å². The molecule has 0 aliphatic rings. The fourth-order valence-electron chi connectivity index (χ4n) is 1.24. The summed E-state index contributed by atoms with van der Waals surface area (Å²) in [4.78, 5) is 22.0. The van der Waals surface area contributed by atoms with Gasteiger partial charge in [-0.1, -0.05) is 36.0 Å². The van der Waals surface area contributed by atoms with Crippen LogP contribution in [0.1, 0.15) is 22.8 Å². The molecular formula is C13H14O3S. The lowest BCUT2D eigenvalue weighted by Gasteiger charge is -2.00. The van der Waals surface area contributed by atoms with E-state index in [0.717, 1.165) is 5.56 Å². The lowest BCUT2D eigenvalue weighted by atomic mass is 10.1. The molecule has 17 heavy (non-hydrogen) atoms. The van der Waals surface area contributed by atoms with Crippen LogP contribution in [-0.4, -0.2) is 23.9 Å². The monoisotopic (exact) mass is 250 g/mol. The highest BCUT2D eigenvalue weighted by Crippen LogP contribution is 2.09. The predicted molar refractivity (Wildman–Crippen MR) is 70.0 cm³/mol. The van der Waals surface area contributed by atoms with Crippen LogP contribution in [0.5, 0.6) is 0 Å². The van der Waals surface area contributed by atoms with Crippen molar-refractivity contribution in [1.29, 1.82) is 0 Å². The van der Waals surface area contributed by atoms with E-state index in [4.69, 9.17) is 0 Å². The Bertz CT molecular complexity index is 438. The molecule has 0 unspecified atom stereocenters. The van der Waals surface area contributed by atoms with E-state index in [1.165, 1.54) is 25.8 Å². The first-order valence-electron chi connectivity index (χ1n) is 5.12. The molecule has 0 saturated heterocycles. The summed E-state index contributed by atoms with van der Waals surface area (Å²) < 4.78 is 4.64. The minimum absolute atomic E-state index is 0.0953. The maximum absolute atomic E-state index is 11.3. The molecule has 0 spiro atoms. The van der Waals surface area contributed by atoms with E-state index in [0.29, 0.717) is 11.3 Å². The maximum Gasteiger partial charge on any atom is 0.337 e. The van der Waals surface area contributed by atoms with Crippen molar-refractivity contribution in [2.24, 2.45) is 0 Å². The summed E-state index contributed by atoms with van der Waals surface area (Å²) in [5.74, 6) is 0.288. The van der Waals surface area contributed by atoms with Crippen molar-refractivity contribution in [3.05, 3.63) is 41.5 Å². The van der Waals surface area contributed by atoms with Crippen LogP contribution in [0.15, 0.2) is 30.3 Å². The highest BCUT2D eigenvalue weighted by Gasteiger charge is 2.03. The van der Waals surface area contributed by atoms with Crippen LogP contribution >= 0.6 is 11.8 Å².